The Morgan fingerprint density at radius 1 is 1.14 bits per heavy atom. The number of nitrogens with zero attached hydrogens (tertiary/aromatic N) is 2. The van der Waals surface area contributed by atoms with Gasteiger partial charge in [-0.2, -0.15) is 0 Å². The number of rotatable bonds is 5. The van der Waals surface area contributed by atoms with E-state index in [1.165, 1.54) is 12.1 Å². The largest absolute Gasteiger partial charge is 0.478 e. The number of imide groups is 1. The molecule has 1 saturated heterocycles. The van der Waals surface area contributed by atoms with Crippen LogP contribution in [0, 0.1) is 11.8 Å². The third-order valence-corrected chi connectivity index (χ3v) is 5.20. The van der Waals surface area contributed by atoms with E-state index in [-0.39, 0.29) is 34.9 Å². The number of allylic oxidation sites excluding steroid dienone is 2. The van der Waals surface area contributed by atoms with Crippen LogP contribution in [0.1, 0.15) is 28.8 Å². The second-order valence-electron chi connectivity index (χ2n) is 6.92. The highest BCUT2D eigenvalue weighted by atomic mass is 16.4. The molecule has 0 bridgehead atoms. The lowest BCUT2D eigenvalue weighted by Gasteiger charge is -2.20. The van der Waals surface area contributed by atoms with Crippen molar-refractivity contribution in [2.45, 2.75) is 19.4 Å². The number of aromatic nitrogens is 1. The first kappa shape index (κ1) is 17.9. The number of nitrogens with one attached hydrogen (secondary N) is 1. The van der Waals surface area contributed by atoms with Gasteiger partial charge in [-0.05, 0) is 42.7 Å². The van der Waals surface area contributed by atoms with E-state index in [1.54, 1.807) is 18.5 Å². The Morgan fingerprint density at radius 2 is 1.86 bits per heavy atom. The third kappa shape index (κ3) is 3.15. The fourth-order valence-corrected chi connectivity index (χ4v) is 3.74. The number of carboxylic acid groups (broad SMARTS) is 1. The Morgan fingerprint density at radius 3 is 2.46 bits per heavy atom. The van der Waals surface area contributed by atoms with Gasteiger partial charge in [0.2, 0.25) is 11.8 Å². The number of carboxylic acids is 1. The fraction of sp³-hybridized carbons (Fsp3) is 0.238. The number of anilines is 2. The first-order valence-electron chi connectivity index (χ1n) is 9.09. The van der Waals surface area contributed by atoms with Gasteiger partial charge >= 0.3 is 5.97 Å². The summed E-state index contributed by atoms with van der Waals surface area (Å²) in [6, 6.07) is 8.15. The lowest BCUT2D eigenvalue weighted by atomic mass is 9.85. The van der Waals surface area contributed by atoms with Gasteiger partial charge in [-0.3, -0.25) is 14.6 Å². The molecule has 142 valence electrons. The number of amides is 2. The van der Waals surface area contributed by atoms with E-state index in [0.29, 0.717) is 25.1 Å². The predicted molar refractivity (Wildman–Crippen MR) is 103 cm³/mol. The van der Waals surface area contributed by atoms with Gasteiger partial charge in [-0.1, -0.05) is 18.2 Å². The number of carbonyl (C=O) groups is 3. The monoisotopic (exact) mass is 377 g/mol. The van der Waals surface area contributed by atoms with Crippen LogP contribution in [0.5, 0.6) is 0 Å². The van der Waals surface area contributed by atoms with Crippen molar-refractivity contribution in [2.75, 3.05) is 10.2 Å². The highest BCUT2D eigenvalue weighted by Crippen LogP contribution is 2.40. The van der Waals surface area contributed by atoms with Crippen molar-refractivity contribution in [3.05, 3.63) is 66.0 Å². The zero-order valence-electron chi connectivity index (χ0n) is 15.0. The van der Waals surface area contributed by atoms with Crippen molar-refractivity contribution in [3.63, 3.8) is 0 Å². The van der Waals surface area contributed by atoms with E-state index in [1.807, 2.05) is 24.3 Å². The van der Waals surface area contributed by atoms with Crippen LogP contribution < -0.4 is 10.2 Å². The maximum absolute atomic E-state index is 12.9. The number of benzene rings is 1. The molecule has 1 fully saturated rings. The quantitative estimate of drug-likeness (QED) is 0.614. The minimum Gasteiger partial charge on any atom is -0.478 e. The Balaban J connectivity index is 1.69. The molecule has 28 heavy (non-hydrogen) atoms. The molecule has 1 aliphatic carbocycles. The minimum atomic E-state index is -1.11. The summed E-state index contributed by atoms with van der Waals surface area (Å²) in [5, 5.41) is 12.6. The van der Waals surface area contributed by atoms with Gasteiger partial charge < -0.3 is 10.4 Å². The molecule has 2 atom stereocenters. The Bertz CT molecular complexity index is 945. The summed E-state index contributed by atoms with van der Waals surface area (Å²) in [4.78, 5) is 42.6. The van der Waals surface area contributed by atoms with Gasteiger partial charge in [0.15, 0.2) is 0 Å². The van der Waals surface area contributed by atoms with Crippen LogP contribution in [0.25, 0.3) is 0 Å². The summed E-state index contributed by atoms with van der Waals surface area (Å²) in [6.45, 7) is 0.428. The van der Waals surface area contributed by atoms with E-state index in [0.717, 1.165) is 10.5 Å². The maximum atomic E-state index is 12.9. The predicted octanol–water partition coefficient (Wildman–Crippen LogP) is 2.85. The van der Waals surface area contributed by atoms with Gasteiger partial charge in [-0.25, -0.2) is 9.69 Å². The Labute approximate surface area is 161 Å². The van der Waals surface area contributed by atoms with Gasteiger partial charge in [0.25, 0.3) is 0 Å². The molecule has 2 heterocycles. The van der Waals surface area contributed by atoms with Crippen molar-refractivity contribution >= 4 is 29.2 Å². The molecule has 1 aromatic carbocycles. The third-order valence-electron chi connectivity index (χ3n) is 5.20. The van der Waals surface area contributed by atoms with Crippen LogP contribution in [0.2, 0.25) is 0 Å². The Kier molecular flexibility index (Phi) is 4.65. The van der Waals surface area contributed by atoms with E-state index >= 15 is 0 Å². The fourth-order valence-electron chi connectivity index (χ4n) is 3.74. The highest BCUT2D eigenvalue weighted by molar-refractivity contribution is 6.23. The molecule has 1 aliphatic heterocycles. The van der Waals surface area contributed by atoms with E-state index in [9.17, 15) is 19.5 Å². The number of aromatic carboxylic acids is 1. The smallest absolute Gasteiger partial charge is 0.335 e. The molecule has 0 radical (unpaired) electrons. The first-order valence-corrected chi connectivity index (χ1v) is 9.09. The molecule has 0 spiro atoms. The maximum Gasteiger partial charge on any atom is 0.335 e. The van der Waals surface area contributed by atoms with Crippen LogP contribution in [0.4, 0.5) is 11.4 Å². The number of pyridine rings is 1. The minimum absolute atomic E-state index is 0.0236. The molecular formula is C21H19N3O4. The van der Waals surface area contributed by atoms with Crippen LogP contribution in [-0.4, -0.2) is 27.9 Å². The normalized spacial score (nSPS) is 20.9. The van der Waals surface area contributed by atoms with Gasteiger partial charge in [0.05, 0.1) is 28.8 Å². The molecule has 1 aromatic heterocycles. The lowest BCUT2D eigenvalue weighted by Crippen LogP contribution is -2.31. The van der Waals surface area contributed by atoms with Crippen LogP contribution in [0.3, 0.4) is 0 Å². The molecule has 0 saturated carbocycles. The highest BCUT2D eigenvalue weighted by Gasteiger charge is 2.48. The average molecular weight is 377 g/mol. The molecule has 7 nitrogen and oxygen atoms in total. The summed E-state index contributed by atoms with van der Waals surface area (Å²) >= 11 is 0. The number of fused-ring (bicyclic) bond motifs is 1. The molecule has 4 rings (SSSR count). The summed E-state index contributed by atoms with van der Waals surface area (Å²) in [5.41, 5.74) is 1.76. The number of hydrogen-bond acceptors (Lipinski definition) is 5. The molecular weight excluding hydrogens is 358 g/mol. The van der Waals surface area contributed by atoms with Gasteiger partial charge in [-0.15, -0.1) is 0 Å². The molecule has 2 N–H and O–H groups in total. The van der Waals surface area contributed by atoms with Crippen molar-refractivity contribution in [2.24, 2.45) is 11.8 Å². The molecule has 2 aliphatic rings. The number of carbonyl (C=O) groups excluding carboxylic acids is 2. The summed E-state index contributed by atoms with van der Waals surface area (Å²) < 4.78 is 0. The van der Waals surface area contributed by atoms with E-state index in [4.69, 9.17) is 0 Å². The molecule has 7 heteroatoms. The van der Waals surface area contributed by atoms with Crippen LogP contribution in [0.15, 0.2) is 54.9 Å². The Hall–Kier alpha value is -3.48. The second kappa shape index (κ2) is 7.26. The van der Waals surface area contributed by atoms with Gasteiger partial charge in [0.1, 0.15) is 0 Å². The average Bonchev–Trinajstić information content (AvgIpc) is 2.98. The standard InChI is InChI=1S/C21H19N3O4/c25-19-15-5-1-2-6-16(15)20(26)24(19)18-10-14(21(27)28)7-8-17(18)23-12-13-4-3-9-22-11-13/h1-4,7-11,15-16,23H,5-6,12H2,(H,27,28)/t15-,16-/m0/s1. The summed E-state index contributed by atoms with van der Waals surface area (Å²) in [7, 11) is 0. The van der Waals surface area contributed by atoms with Gasteiger partial charge in [0, 0.05) is 18.9 Å². The van der Waals surface area contributed by atoms with Crippen molar-refractivity contribution < 1.29 is 19.5 Å². The number of hydrogen-bond donors (Lipinski definition) is 2. The van der Waals surface area contributed by atoms with Crippen molar-refractivity contribution in [1.29, 1.82) is 0 Å². The summed E-state index contributed by atoms with van der Waals surface area (Å²) in [6.07, 6.45) is 8.29. The first-order chi connectivity index (χ1) is 13.6. The second-order valence-corrected chi connectivity index (χ2v) is 6.92. The SMILES string of the molecule is O=C(O)c1ccc(NCc2cccnc2)c(N2C(=O)[C@H]3CC=CC[C@@H]3C2=O)c1. The zero-order chi connectivity index (χ0) is 19.7. The molecule has 2 amide bonds. The van der Waals surface area contributed by atoms with Crippen LogP contribution in [-0.2, 0) is 16.1 Å². The van der Waals surface area contributed by atoms with E-state index in [2.05, 4.69) is 10.3 Å². The van der Waals surface area contributed by atoms with Crippen molar-refractivity contribution in [3.8, 4) is 0 Å². The molecule has 0 unspecified atom stereocenters. The molecule has 2 aromatic rings. The summed E-state index contributed by atoms with van der Waals surface area (Å²) in [5.74, 6) is -2.41. The van der Waals surface area contributed by atoms with Crippen molar-refractivity contribution in [1.82, 2.24) is 4.98 Å². The lowest BCUT2D eigenvalue weighted by molar-refractivity contribution is -0.122. The topological polar surface area (TPSA) is 99.6 Å². The van der Waals surface area contributed by atoms with Crippen LogP contribution >= 0.6 is 0 Å². The van der Waals surface area contributed by atoms with E-state index < -0.39 is 5.97 Å². The zero-order valence-corrected chi connectivity index (χ0v) is 15.0.